The van der Waals surface area contributed by atoms with E-state index in [9.17, 15) is 0 Å². The monoisotopic (exact) mass is 208 g/mol. The fraction of sp³-hybridized carbons (Fsp3) is 0.818. The minimum absolute atomic E-state index is 0.0700. The molecule has 1 rings (SSSR count). The van der Waals surface area contributed by atoms with Crippen LogP contribution >= 0.6 is 0 Å². The molecule has 1 N–H and O–H groups in total. The maximum Gasteiger partial charge on any atom is 0.0408 e. The molecule has 4 nitrogen and oxygen atoms in total. The Morgan fingerprint density at radius 1 is 1.20 bits per heavy atom. The highest BCUT2D eigenvalue weighted by Gasteiger charge is 2.36. The molecular weight excluding hydrogens is 188 g/mol. The number of hydrogen-bond donors (Lipinski definition) is 1. The summed E-state index contributed by atoms with van der Waals surface area (Å²) in [6.07, 6.45) is 9.83. The van der Waals surface area contributed by atoms with Crippen molar-refractivity contribution in [3.63, 3.8) is 0 Å². The van der Waals surface area contributed by atoms with Crippen molar-refractivity contribution in [1.82, 2.24) is 5.32 Å². The average Bonchev–Trinajstić information content (AvgIpc) is 2.02. The molecule has 4 heteroatoms. The van der Waals surface area contributed by atoms with Crippen LogP contribution < -0.4 is 5.32 Å². The Labute approximate surface area is 92.1 Å². The number of piperidine rings is 1. The van der Waals surface area contributed by atoms with Gasteiger partial charge in [-0.25, -0.2) is 0 Å². The zero-order valence-corrected chi connectivity index (χ0v) is 9.99. The smallest absolute Gasteiger partial charge is 0.0408 e. The van der Waals surface area contributed by atoms with Crippen molar-refractivity contribution >= 4 is 0 Å². The van der Waals surface area contributed by atoms with E-state index in [0.717, 1.165) is 12.8 Å². The zero-order chi connectivity index (χ0) is 12.1. The van der Waals surface area contributed by atoms with Gasteiger partial charge in [-0.2, -0.15) is 0 Å². The van der Waals surface area contributed by atoms with E-state index in [1.165, 1.54) is 0 Å². The second-order valence-corrected chi connectivity index (χ2v) is 5.16. The largest absolute Gasteiger partial charge is 0.307 e. The van der Waals surface area contributed by atoms with E-state index in [1.807, 2.05) is 0 Å². The molecule has 1 aliphatic heterocycles. The highest BCUT2D eigenvalue weighted by atomic mass is 15.2. The van der Waals surface area contributed by atoms with Crippen LogP contribution in [0.2, 0.25) is 0 Å². The second-order valence-electron chi connectivity index (χ2n) is 5.16. The lowest BCUT2D eigenvalue weighted by Gasteiger charge is -2.45. The molecule has 1 fully saturated rings. The summed E-state index contributed by atoms with van der Waals surface area (Å²) in [5, 5.41) is 7.35. The summed E-state index contributed by atoms with van der Waals surface area (Å²) >= 11 is 0. The molecule has 1 aliphatic rings. The van der Waals surface area contributed by atoms with Gasteiger partial charge in [0, 0.05) is 22.0 Å². The molecule has 1 saturated heterocycles. The summed E-state index contributed by atoms with van der Waals surface area (Å²) in [6.45, 7) is 8.59. The lowest BCUT2D eigenvalue weighted by Crippen LogP contribution is -2.58. The highest BCUT2D eigenvalue weighted by Crippen LogP contribution is 2.30. The molecule has 84 valence electrons. The maximum atomic E-state index is 8.40. The minimum Gasteiger partial charge on any atom is -0.307 e. The molecule has 0 radical (unpaired) electrons. The normalized spacial score (nSPS) is 23.1. The lowest BCUT2D eigenvalue weighted by molar-refractivity contribution is 0.163. The molecule has 0 amide bonds. The molecule has 0 aromatic rings. The Kier molecular flexibility index (Phi) is 4.67. The van der Waals surface area contributed by atoms with Crippen LogP contribution in [0.25, 0.3) is 10.4 Å². The molecule has 1 heterocycles. The standard InChI is InChI=1S/C9H18N4.C2H2/c1-8(2)5-7(11-13-10)6-9(3,4)12-8;1-2/h7,12H,5-6H2,1-4H3;1-2H. The van der Waals surface area contributed by atoms with E-state index in [0.29, 0.717) is 0 Å². The molecule has 0 saturated carbocycles. The Hall–Kier alpha value is -1.17. The van der Waals surface area contributed by atoms with Gasteiger partial charge in [-0.3, -0.25) is 0 Å². The lowest BCUT2D eigenvalue weighted by atomic mass is 9.80. The van der Waals surface area contributed by atoms with Gasteiger partial charge in [-0.1, -0.05) is 5.11 Å². The quantitative estimate of drug-likeness (QED) is 0.306. The minimum atomic E-state index is 0.0700. The Bertz CT molecular complexity index is 256. The molecule has 0 unspecified atom stereocenters. The molecule has 0 aliphatic carbocycles. The summed E-state index contributed by atoms with van der Waals surface area (Å²) in [5.74, 6) is 0. The van der Waals surface area contributed by atoms with Crippen molar-refractivity contribution in [3.8, 4) is 12.8 Å². The Morgan fingerprint density at radius 3 is 1.93 bits per heavy atom. The number of terminal acetylenes is 1. The van der Waals surface area contributed by atoms with Crippen LogP contribution in [-0.2, 0) is 0 Å². The van der Waals surface area contributed by atoms with Crippen molar-refractivity contribution < 1.29 is 0 Å². The molecule has 0 bridgehead atoms. The predicted molar refractivity (Wildman–Crippen MR) is 63.4 cm³/mol. The highest BCUT2D eigenvalue weighted by molar-refractivity contribution is 4.99. The number of nitrogens with zero attached hydrogens (tertiary/aromatic N) is 3. The molecule has 0 aromatic heterocycles. The van der Waals surface area contributed by atoms with Crippen molar-refractivity contribution in [1.29, 1.82) is 0 Å². The molecule has 0 spiro atoms. The first-order valence-electron chi connectivity index (χ1n) is 5.02. The third-order valence-electron chi connectivity index (χ3n) is 2.38. The topological polar surface area (TPSA) is 60.8 Å². The van der Waals surface area contributed by atoms with Crippen LogP contribution in [0.1, 0.15) is 40.5 Å². The third kappa shape index (κ3) is 4.73. The third-order valence-corrected chi connectivity index (χ3v) is 2.38. The maximum absolute atomic E-state index is 8.40. The van der Waals surface area contributed by atoms with Gasteiger partial charge in [0.05, 0.1) is 0 Å². The molecule has 0 atom stereocenters. The van der Waals surface area contributed by atoms with E-state index >= 15 is 0 Å². The van der Waals surface area contributed by atoms with Gasteiger partial charge >= 0.3 is 0 Å². The van der Waals surface area contributed by atoms with Crippen LogP contribution in [0, 0.1) is 12.8 Å². The second kappa shape index (κ2) is 5.06. The van der Waals surface area contributed by atoms with E-state index in [1.54, 1.807) is 0 Å². The molecule has 15 heavy (non-hydrogen) atoms. The van der Waals surface area contributed by atoms with Crippen LogP contribution in [0.5, 0.6) is 0 Å². The van der Waals surface area contributed by atoms with Gasteiger partial charge in [-0.05, 0) is 46.1 Å². The average molecular weight is 208 g/mol. The van der Waals surface area contributed by atoms with Crippen LogP contribution in [0.4, 0.5) is 0 Å². The first-order valence-corrected chi connectivity index (χ1v) is 5.02. The summed E-state index contributed by atoms with van der Waals surface area (Å²) in [6, 6.07) is 0.135. The van der Waals surface area contributed by atoms with E-state index < -0.39 is 0 Å². The van der Waals surface area contributed by atoms with Crippen molar-refractivity contribution in [2.45, 2.75) is 57.7 Å². The number of azide groups is 1. The van der Waals surface area contributed by atoms with E-state index in [4.69, 9.17) is 5.53 Å². The van der Waals surface area contributed by atoms with Gasteiger partial charge in [0.25, 0.3) is 0 Å². The van der Waals surface area contributed by atoms with Crippen LogP contribution in [0.3, 0.4) is 0 Å². The van der Waals surface area contributed by atoms with Crippen LogP contribution in [-0.4, -0.2) is 17.1 Å². The SMILES string of the molecule is C#C.CC1(C)CC(N=[N+]=[N-])CC(C)(C)N1. The van der Waals surface area contributed by atoms with Crippen molar-refractivity contribution in [2.75, 3.05) is 0 Å². The number of nitrogens with one attached hydrogen (secondary N) is 1. The van der Waals surface area contributed by atoms with E-state index in [2.05, 4.69) is 55.9 Å². The fourth-order valence-electron chi connectivity index (χ4n) is 2.42. The number of hydrogen-bond acceptors (Lipinski definition) is 2. The zero-order valence-electron chi connectivity index (χ0n) is 9.99. The first kappa shape index (κ1) is 13.8. The van der Waals surface area contributed by atoms with Gasteiger partial charge in [0.1, 0.15) is 0 Å². The van der Waals surface area contributed by atoms with Crippen LogP contribution in [0.15, 0.2) is 5.11 Å². The van der Waals surface area contributed by atoms with Gasteiger partial charge in [-0.15, -0.1) is 12.8 Å². The molecule has 0 aromatic carbocycles. The number of rotatable bonds is 1. The van der Waals surface area contributed by atoms with Crippen molar-refractivity contribution in [3.05, 3.63) is 10.4 Å². The molecular formula is C11H20N4. The first-order chi connectivity index (χ1) is 6.85. The Balaban J connectivity index is 0.000000921. The van der Waals surface area contributed by atoms with E-state index in [-0.39, 0.29) is 17.1 Å². The summed E-state index contributed by atoms with van der Waals surface area (Å²) in [7, 11) is 0. The summed E-state index contributed by atoms with van der Waals surface area (Å²) in [4.78, 5) is 2.89. The fourth-order valence-corrected chi connectivity index (χ4v) is 2.42. The van der Waals surface area contributed by atoms with Gasteiger partial charge < -0.3 is 5.32 Å². The van der Waals surface area contributed by atoms with Gasteiger partial charge in [0.15, 0.2) is 0 Å². The summed E-state index contributed by atoms with van der Waals surface area (Å²) < 4.78 is 0. The predicted octanol–water partition coefficient (Wildman–Crippen LogP) is 2.86. The Morgan fingerprint density at radius 2 is 1.60 bits per heavy atom. The van der Waals surface area contributed by atoms with Gasteiger partial charge in [0.2, 0.25) is 0 Å². The summed E-state index contributed by atoms with van der Waals surface area (Å²) in [5.41, 5.74) is 8.54. The van der Waals surface area contributed by atoms with Crippen molar-refractivity contribution in [2.24, 2.45) is 5.11 Å².